The van der Waals surface area contributed by atoms with Crippen LogP contribution in [0.4, 0.5) is 30.8 Å². The van der Waals surface area contributed by atoms with E-state index in [1.54, 1.807) is 0 Å². The Morgan fingerprint density at radius 2 is 1.75 bits per heavy atom. The van der Waals surface area contributed by atoms with Gasteiger partial charge in [0.1, 0.15) is 6.07 Å². The quantitative estimate of drug-likeness (QED) is 0.510. The number of benzene rings is 2. The molecule has 1 heterocycles. The normalized spacial score (nSPS) is 11.1. The Kier molecular flexibility index (Phi) is 5.63. The average Bonchev–Trinajstić information content (AvgIpc) is 3.07. The van der Waals surface area contributed by atoms with E-state index in [0.717, 1.165) is 12.1 Å². The lowest BCUT2D eigenvalue weighted by Crippen LogP contribution is -2.06. The van der Waals surface area contributed by atoms with Crippen molar-refractivity contribution in [1.82, 2.24) is 15.2 Å². The van der Waals surface area contributed by atoms with Gasteiger partial charge in [-0.15, -0.1) is 5.10 Å². The van der Waals surface area contributed by atoms with Crippen molar-refractivity contribution in [2.45, 2.75) is 12.7 Å². The summed E-state index contributed by atoms with van der Waals surface area (Å²) in [6, 6.07) is 9.72. The number of halogens is 5. The molecule has 3 aromatic rings. The van der Waals surface area contributed by atoms with Crippen LogP contribution in [-0.2, 0) is 12.7 Å². The summed E-state index contributed by atoms with van der Waals surface area (Å²) in [6.07, 6.45) is -4.37. The molecule has 2 aromatic carbocycles. The maximum Gasteiger partial charge on any atom is 0.416 e. The van der Waals surface area contributed by atoms with E-state index in [1.165, 1.54) is 24.3 Å². The van der Waals surface area contributed by atoms with Gasteiger partial charge in [0.25, 0.3) is 0 Å². The molecule has 144 valence electrons. The minimum atomic E-state index is -4.37. The van der Waals surface area contributed by atoms with E-state index in [1.807, 2.05) is 6.07 Å². The molecular weight excluding hydrogens is 416 g/mol. The minimum absolute atomic E-state index is 0.169. The third kappa shape index (κ3) is 4.65. The van der Waals surface area contributed by atoms with Crippen molar-refractivity contribution in [2.75, 3.05) is 10.6 Å². The monoisotopic (exact) mass is 426 g/mol. The SMILES string of the molecule is N#Cc1c(Cl)cc(Nc2n[nH]c(NCc3ccc(C(F)(F)F)cc3)n2)cc1Cl. The highest BCUT2D eigenvalue weighted by Gasteiger charge is 2.29. The summed E-state index contributed by atoms with van der Waals surface area (Å²) in [4.78, 5) is 4.16. The summed E-state index contributed by atoms with van der Waals surface area (Å²) >= 11 is 12.0. The van der Waals surface area contributed by atoms with Gasteiger partial charge in [-0.05, 0) is 29.8 Å². The Morgan fingerprint density at radius 1 is 1.11 bits per heavy atom. The van der Waals surface area contributed by atoms with Crippen LogP contribution in [0, 0.1) is 11.3 Å². The molecule has 0 aliphatic carbocycles. The number of anilines is 3. The second-order valence-corrected chi connectivity index (χ2v) is 6.42. The molecule has 1 aromatic heterocycles. The van der Waals surface area contributed by atoms with Crippen molar-refractivity contribution >= 4 is 40.8 Å². The fraction of sp³-hybridized carbons (Fsp3) is 0.118. The number of hydrogen-bond acceptors (Lipinski definition) is 5. The van der Waals surface area contributed by atoms with Crippen molar-refractivity contribution < 1.29 is 13.2 Å². The van der Waals surface area contributed by atoms with E-state index in [9.17, 15) is 13.2 Å². The molecule has 0 amide bonds. The third-order valence-electron chi connectivity index (χ3n) is 3.64. The van der Waals surface area contributed by atoms with Crippen LogP contribution in [0.15, 0.2) is 36.4 Å². The van der Waals surface area contributed by atoms with Crippen LogP contribution in [0.3, 0.4) is 0 Å². The van der Waals surface area contributed by atoms with Gasteiger partial charge < -0.3 is 10.6 Å². The third-order valence-corrected chi connectivity index (χ3v) is 4.23. The molecule has 0 spiro atoms. The van der Waals surface area contributed by atoms with Crippen molar-refractivity contribution in [3.8, 4) is 6.07 Å². The fourth-order valence-electron chi connectivity index (χ4n) is 2.28. The molecule has 11 heteroatoms. The Hall–Kier alpha value is -2.96. The maximum absolute atomic E-state index is 12.6. The largest absolute Gasteiger partial charge is 0.416 e. The van der Waals surface area contributed by atoms with E-state index in [4.69, 9.17) is 28.5 Å². The molecule has 0 aliphatic rings. The molecule has 0 aliphatic heterocycles. The maximum atomic E-state index is 12.6. The summed E-state index contributed by atoms with van der Waals surface area (Å²) < 4.78 is 37.7. The molecule has 0 saturated carbocycles. The second kappa shape index (κ2) is 7.96. The number of aromatic amines is 1. The predicted molar refractivity (Wildman–Crippen MR) is 99.6 cm³/mol. The van der Waals surface area contributed by atoms with Crippen molar-refractivity contribution in [2.24, 2.45) is 0 Å². The predicted octanol–water partition coefficient (Wildman–Crippen LogP) is 5.36. The lowest BCUT2D eigenvalue weighted by Gasteiger charge is -2.08. The van der Waals surface area contributed by atoms with Gasteiger partial charge in [0.2, 0.25) is 11.9 Å². The summed E-state index contributed by atoms with van der Waals surface area (Å²) in [5.41, 5.74) is 0.594. The van der Waals surface area contributed by atoms with E-state index in [-0.39, 0.29) is 28.1 Å². The first kappa shape index (κ1) is 19.8. The number of hydrogen-bond donors (Lipinski definition) is 3. The van der Waals surface area contributed by atoms with Gasteiger partial charge in [-0.2, -0.15) is 23.4 Å². The van der Waals surface area contributed by atoms with E-state index < -0.39 is 11.7 Å². The number of aromatic nitrogens is 3. The zero-order valence-corrected chi connectivity index (χ0v) is 15.4. The Labute approximate surface area is 167 Å². The van der Waals surface area contributed by atoms with Crippen LogP contribution in [0.5, 0.6) is 0 Å². The van der Waals surface area contributed by atoms with E-state index in [0.29, 0.717) is 17.2 Å². The van der Waals surface area contributed by atoms with Crippen LogP contribution in [0.1, 0.15) is 16.7 Å². The molecule has 0 unspecified atom stereocenters. The number of rotatable bonds is 5. The van der Waals surface area contributed by atoms with Gasteiger partial charge in [0.05, 0.1) is 21.2 Å². The van der Waals surface area contributed by atoms with Gasteiger partial charge >= 0.3 is 6.18 Å². The van der Waals surface area contributed by atoms with Crippen LogP contribution < -0.4 is 10.6 Å². The smallest absolute Gasteiger partial charge is 0.350 e. The van der Waals surface area contributed by atoms with Gasteiger partial charge in [0.15, 0.2) is 0 Å². The van der Waals surface area contributed by atoms with Crippen molar-refractivity contribution in [3.63, 3.8) is 0 Å². The molecular formula is C17H11Cl2F3N6. The lowest BCUT2D eigenvalue weighted by atomic mass is 10.1. The van der Waals surface area contributed by atoms with Crippen molar-refractivity contribution in [3.05, 3.63) is 63.1 Å². The second-order valence-electron chi connectivity index (χ2n) is 5.61. The summed E-state index contributed by atoms with van der Waals surface area (Å²) in [5.74, 6) is 0.528. The van der Waals surface area contributed by atoms with Crippen molar-refractivity contribution in [1.29, 1.82) is 5.26 Å². The van der Waals surface area contributed by atoms with Gasteiger partial charge in [-0.1, -0.05) is 35.3 Å². The highest BCUT2D eigenvalue weighted by atomic mass is 35.5. The number of H-pyrrole nitrogens is 1. The van der Waals surface area contributed by atoms with Gasteiger partial charge in [-0.25, -0.2) is 5.10 Å². The van der Waals surface area contributed by atoms with E-state index >= 15 is 0 Å². The van der Waals surface area contributed by atoms with Crippen LogP contribution in [0.2, 0.25) is 10.0 Å². The Morgan fingerprint density at radius 3 is 2.32 bits per heavy atom. The Bertz CT molecular complexity index is 1000. The fourth-order valence-corrected chi connectivity index (χ4v) is 2.85. The topological polar surface area (TPSA) is 89.4 Å². The summed E-state index contributed by atoms with van der Waals surface area (Å²) in [6.45, 7) is 0.251. The molecule has 0 bridgehead atoms. The first-order valence-electron chi connectivity index (χ1n) is 7.75. The van der Waals surface area contributed by atoms with Gasteiger partial charge in [0, 0.05) is 12.2 Å². The molecule has 3 rings (SSSR count). The number of nitrogens with one attached hydrogen (secondary N) is 3. The number of nitriles is 1. The first-order valence-corrected chi connectivity index (χ1v) is 8.50. The number of nitrogens with zero attached hydrogens (tertiary/aromatic N) is 3. The highest BCUT2D eigenvalue weighted by molar-refractivity contribution is 6.37. The summed E-state index contributed by atoms with van der Waals surface area (Å²) in [5, 5.41) is 21.8. The van der Waals surface area contributed by atoms with Crippen LogP contribution in [0.25, 0.3) is 0 Å². The number of alkyl halides is 3. The molecule has 0 radical (unpaired) electrons. The molecule has 0 saturated heterocycles. The molecule has 0 atom stereocenters. The zero-order chi connectivity index (χ0) is 20.3. The highest BCUT2D eigenvalue weighted by Crippen LogP contribution is 2.30. The lowest BCUT2D eigenvalue weighted by molar-refractivity contribution is -0.137. The standard InChI is InChI=1S/C17H11Cl2F3N6/c18-13-5-11(6-14(19)12(13)7-23)25-16-26-15(27-28-16)24-8-9-1-3-10(4-2-9)17(20,21)22/h1-6H,8H2,(H3,24,25,26,27,28). The molecule has 6 nitrogen and oxygen atoms in total. The van der Waals surface area contributed by atoms with Gasteiger partial charge in [-0.3, -0.25) is 0 Å². The average molecular weight is 427 g/mol. The van der Waals surface area contributed by atoms with E-state index in [2.05, 4.69) is 25.8 Å². The van der Waals surface area contributed by atoms with Crippen LogP contribution >= 0.6 is 23.2 Å². The Balaban J connectivity index is 1.63. The molecule has 0 fully saturated rings. The zero-order valence-electron chi connectivity index (χ0n) is 13.9. The molecule has 3 N–H and O–H groups in total. The van der Waals surface area contributed by atoms with Crippen LogP contribution in [-0.4, -0.2) is 15.2 Å². The molecule has 28 heavy (non-hydrogen) atoms. The first-order chi connectivity index (χ1) is 13.3. The minimum Gasteiger partial charge on any atom is -0.350 e. The summed E-state index contributed by atoms with van der Waals surface area (Å²) in [7, 11) is 0.